The minimum absolute atomic E-state index is 0.151. The molecule has 0 spiro atoms. The molecule has 8 heteroatoms. The van der Waals surface area contributed by atoms with E-state index >= 15 is 0 Å². The molecule has 2 N–H and O–H groups in total. The molecule has 2 aromatic rings. The van der Waals surface area contributed by atoms with E-state index in [0.29, 0.717) is 18.1 Å². The number of para-hydroxylation sites is 1. The Kier molecular flexibility index (Phi) is 5.72. The number of hydrogen-bond acceptors (Lipinski definition) is 6. The highest BCUT2D eigenvalue weighted by molar-refractivity contribution is 5.56. The summed E-state index contributed by atoms with van der Waals surface area (Å²) in [6.45, 7) is 6.75. The van der Waals surface area contributed by atoms with Gasteiger partial charge in [-0.25, -0.2) is 13.8 Å². The third kappa shape index (κ3) is 4.83. The number of morpholine rings is 1. The van der Waals surface area contributed by atoms with Crippen LogP contribution in [-0.2, 0) is 4.74 Å². The van der Waals surface area contributed by atoms with E-state index in [1.807, 2.05) is 0 Å². The van der Waals surface area contributed by atoms with Crippen molar-refractivity contribution in [1.82, 2.24) is 14.9 Å². The Morgan fingerprint density at radius 1 is 1.16 bits per heavy atom. The maximum atomic E-state index is 13.8. The van der Waals surface area contributed by atoms with Gasteiger partial charge in [-0.15, -0.1) is 0 Å². The van der Waals surface area contributed by atoms with Gasteiger partial charge in [-0.3, -0.25) is 4.90 Å². The first-order valence-electron chi connectivity index (χ1n) is 8.22. The molecule has 134 valence electrons. The minimum atomic E-state index is -0.688. The summed E-state index contributed by atoms with van der Waals surface area (Å²) in [5, 5.41) is 5.85. The SMILES string of the molecule is Cc1cc(NCCN2CCOCC2)nc(Nc2c(F)cccc2F)n1. The van der Waals surface area contributed by atoms with Crippen LogP contribution in [0, 0.1) is 18.6 Å². The molecule has 0 aliphatic carbocycles. The molecular weight excluding hydrogens is 328 g/mol. The molecule has 0 bridgehead atoms. The lowest BCUT2D eigenvalue weighted by atomic mass is 10.3. The van der Waals surface area contributed by atoms with Crippen LogP contribution in [0.4, 0.5) is 26.2 Å². The summed E-state index contributed by atoms with van der Waals surface area (Å²) < 4.78 is 32.8. The Hall–Kier alpha value is -2.32. The summed E-state index contributed by atoms with van der Waals surface area (Å²) in [6.07, 6.45) is 0. The molecule has 0 radical (unpaired) electrons. The van der Waals surface area contributed by atoms with Crippen molar-refractivity contribution in [2.45, 2.75) is 6.92 Å². The van der Waals surface area contributed by atoms with Gasteiger partial charge in [0.15, 0.2) is 0 Å². The molecule has 1 aliphatic rings. The second kappa shape index (κ2) is 8.17. The third-order valence-electron chi connectivity index (χ3n) is 3.89. The molecule has 2 heterocycles. The van der Waals surface area contributed by atoms with E-state index in [1.54, 1.807) is 13.0 Å². The van der Waals surface area contributed by atoms with Crippen molar-refractivity contribution >= 4 is 17.5 Å². The Morgan fingerprint density at radius 2 is 1.88 bits per heavy atom. The first-order chi connectivity index (χ1) is 12.1. The van der Waals surface area contributed by atoms with Crippen LogP contribution in [0.3, 0.4) is 0 Å². The second-order valence-electron chi connectivity index (χ2n) is 5.82. The predicted molar refractivity (Wildman–Crippen MR) is 92.2 cm³/mol. The number of benzene rings is 1. The summed E-state index contributed by atoms with van der Waals surface area (Å²) in [4.78, 5) is 10.8. The van der Waals surface area contributed by atoms with Crippen LogP contribution in [-0.4, -0.2) is 54.3 Å². The van der Waals surface area contributed by atoms with Gasteiger partial charge < -0.3 is 15.4 Å². The normalized spacial score (nSPS) is 15.2. The van der Waals surface area contributed by atoms with E-state index in [0.717, 1.165) is 32.8 Å². The molecule has 3 rings (SSSR count). The summed E-state index contributed by atoms with van der Waals surface area (Å²) in [5.41, 5.74) is 0.440. The van der Waals surface area contributed by atoms with Crippen LogP contribution in [0.5, 0.6) is 0 Å². The van der Waals surface area contributed by atoms with E-state index in [9.17, 15) is 8.78 Å². The van der Waals surface area contributed by atoms with Crippen molar-refractivity contribution in [3.8, 4) is 0 Å². The van der Waals surface area contributed by atoms with Gasteiger partial charge in [0, 0.05) is 37.9 Å². The molecule has 6 nitrogen and oxygen atoms in total. The quantitative estimate of drug-likeness (QED) is 0.836. The minimum Gasteiger partial charge on any atom is -0.379 e. The molecule has 0 atom stereocenters. The van der Waals surface area contributed by atoms with Crippen molar-refractivity contribution < 1.29 is 13.5 Å². The maximum absolute atomic E-state index is 13.8. The van der Waals surface area contributed by atoms with Gasteiger partial charge in [0.25, 0.3) is 0 Å². The van der Waals surface area contributed by atoms with Crippen LogP contribution in [0.2, 0.25) is 0 Å². The second-order valence-corrected chi connectivity index (χ2v) is 5.82. The molecule has 1 fully saturated rings. The zero-order valence-corrected chi connectivity index (χ0v) is 14.1. The lowest BCUT2D eigenvalue weighted by Crippen LogP contribution is -2.39. The fraction of sp³-hybridized carbons (Fsp3) is 0.412. The lowest BCUT2D eigenvalue weighted by Gasteiger charge is -2.26. The number of nitrogens with one attached hydrogen (secondary N) is 2. The number of hydrogen-bond donors (Lipinski definition) is 2. The van der Waals surface area contributed by atoms with Gasteiger partial charge in [-0.05, 0) is 19.1 Å². The summed E-state index contributed by atoms with van der Waals surface area (Å²) in [5.74, 6) is -0.614. The maximum Gasteiger partial charge on any atom is 0.229 e. The van der Waals surface area contributed by atoms with Gasteiger partial charge >= 0.3 is 0 Å². The van der Waals surface area contributed by atoms with Crippen molar-refractivity contribution in [2.24, 2.45) is 0 Å². The van der Waals surface area contributed by atoms with E-state index < -0.39 is 11.6 Å². The molecular formula is C17H21F2N5O. The molecule has 0 unspecified atom stereocenters. The number of halogens is 2. The highest BCUT2D eigenvalue weighted by Crippen LogP contribution is 2.22. The topological polar surface area (TPSA) is 62.3 Å². The molecule has 1 aromatic carbocycles. The van der Waals surface area contributed by atoms with Crippen molar-refractivity contribution in [1.29, 1.82) is 0 Å². The average molecular weight is 349 g/mol. The van der Waals surface area contributed by atoms with Crippen molar-refractivity contribution in [2.75, 3.05) is 50.0 Å². The molecule has 1 aromatic heterocycles. The monoisotopic (exact) mass is 349 g/mol. The smallest absolute Gasteiger partial charge is 0.229 e. The lowest BCUT2D eigenvalue weighted by molar-refractivity contribution is 0.0398. The fourth-order valence-corrected chi connectivity index (χ4v) is 2.61. The third-order valence-corrected chi connectivity index (χ3v) is 3.89. The van der Waals surface area contributed by atoms with Crippen LogP contribution < -0.4 is 10.6 Å². The van der Waals surface area contributed by atoms with E-state index in [1.165, 1.54) is 18.2 Å². The average Bonchev–Trinajstić information content (AvgIpc) is 2.59. The largest absolute Gasteiger partial charge is 0.379 e. The highest BCUT2D eigenvalue weighted by Gasteiger charge is 2.12. The number of anilines is 3. The number of rotatable bonds is 6. The summed E-state index contributed by atoms with van der Waals surface area (Å²) >= 11 is 0. The molecule has 0 saturated carbocycles. The molecule has 1 saturated heterocycles. The van der Waals surface area contributed by atoms with Crippen molar-refractivity contribution in [3.05, 3.63) is 41.6 Å². The van der Waals surface area contributed by atoms with Crippen LogP contribution in [0.25, 0.3) is 0 Å². The van der Waals surface area contributed by atoms with Gasteiger partial charge in [-0.2, -0.15) is 4.98 Å². The standard InChI is InChI=1S/C17H21F2N5O/c1-12-11-15(20-5-6-24-7-9-25-10-8-24)22-17(21-12)23-16-13(18)3-2-4-14(16)19/h2-4,11H,5-10H2,1H3,(H2,20,21,22,23). The number of aryl methyl sites for hydroxylation is 1. The van der Waals surface area contributed by atoms with Crippen LogP contribution >= 0.6 is 0 Å². The Labute approximate surface area is 145 Å². The Balaban J connectivity index is 1.64. The Morgan fingerprint density at radius 3 is 2.60 bits per heavy atom. The van der Waals surface area contributed by atoms with Crippen LogP contribution in [0.15, 0.2) is 24.3 Å². The van der Waals surface area contributed by atoms with Crippen molar-refractivity contribution in [3.63, 3.8) is 0 Å². The van der Waals surface area contributed by atoms with Gasteiger partial charge in [0.05, 0.1) is 13.2 Å². The van der Waals surface area contributed by atoms with Gasteiger partial charge in [-0.1, -0.05) is 6.07 Å². The first kappa shape index (κ1) is 17.5. The summed E-state index contributed by atoms with van der Waals surface area (Å²) in [6, 6.07) is 5.47. The number of nitrogens with zero attached hydrogens (tertiary/aromatic N) is 3. The number of aromatic nitrogens is 2. The fourth-order valence-electron chi connectivity index (χ4n) is 2.61. The zero-order chi connectivity index (χ0) is 17.6. The summed E-state index contributed by atoms with van der Waals surface area (Å²) in [7, 11) is 0. The van der Waals surface area contributed by atoms with Crippen LogP contribution in [0.1, 0.15) is 5.69 Å². The molecule has 25 heavy (non-hydrogen) atoms. The van der Waals surface area contributed by atoms with E-state index in [2.05, 4.69) is 25.5 Å². The zero-order valence-electron chi connectivity index (χ0n) is 14.1. The van der Waals surface area contributed by atoms with Gasteiger partial charge in [0.2, 0.25) is 5.95 Å². The number of ether oxygens (including phenoxy) is 1. The van der Waals surface area contributed by atoms with Gasteiger partial charge in [0.1, 0.15) is 23.1 Å². The Bertz CT molecular complexity index is 702. The van der Waals surface area contributed by atoms with E-state index in [4.69, 9.17) is 4.74 Å². The molecule has 1 aliphatic heterocycles. The highest BCUT2D eigenvalue weighted by atomic mass is 19.1. The molecule has 0 amide bonds. The predicted octanol–water partition coefficient (Wildman–Crippen LogP) is 2.55. The first-order valence-corrected chi connectivity index (χ1v) is 8.22. The van der Waals surface area contributed by atoms with E-state index in [-0.39, 0.29) is 11.6 Å².